The van der Waals surface area contributed by atoms with E-state index in [9.17, 15) is 21.2 Å². The van der Waals surface area contributed by atoms with Crippen molar-refractivity contribution in [2.24, 2.45) is 5.10 Å². The van der Waals surface area contributed by atoms with Crippen LogP contribution in [-0.4, -0.2) is 38.5 Å². The zero-order valence-electron chi connectivity index (χ0n) is 16.0. The van der Waals surface area contributed by atoms with Crippen LogP contribution in [0.25, 0.3) is 0 Å². The van der Waals surface area contributed by atoms with Crippen LogP contribution in [0.15, 0.2) is 53.6 Å². The Morgan fingerprint density at radius 1 is 1.00 bits per heavy atom. The highest BCUT2D eigenvalue weighted by atomic mass is 32.2. The minimum absolute atomic E-state index is 0.0371. The Hall–Kier alpha value is -2.46. The Balaban J connectivity index is 1.91. The van der Waals surface area contributed by atoms with Gasteiger partial charge in [-0.25, -0.2) is 21.2 Å². The van der Waals surface area contributed by atoms with Gasteiger partial charge in [-0.2, -0.15) is 9.52 Å². The van der Waals surface area contributed by atoms with Gasteiger partial charge in [0.2, 0.25) is 20.0 Å². The molecule has 2 aromatic carbocycles. The Morgan fingerprint density at radius 3 is 2.17 bits per heavy atom. The van der Waals surface area contributed by atoms with E-state index in [0.29, 0.717) is 28.9 Å². The van der Waals surface area contributed by atoms with Crippen molar-refractivity contribution in [2.45, 2.75) is 26.3 Å². The molecule has 2 aromatic rings. The van der Waals surface area contributed by atoms with Crippen LogP contribution in [0.3, 0.4) is 0 Å². The second-order valence-corrected chi connectivity index (χ2v) is 10.7. The summed E-state index contributed by atoms with van der Waals surface area (Å²) < 4.78 is 65.3. The Labute approximate surface area is 170 Å². The van der Waals surface area contributed by atoms with E-state index in [2.05, 4.69) is 9.82 Å². The SMILES string of the molecule is CCS(=O)(=O)Nc1ccc(C2=NN(S(=O)(=O)CC)C(c3ccc(F)cc3)C2)cc1. The molecule has 1 aliphatic rings. The van der Waals surface area contributed by atoms with Crippen LogP contribution in [0.5, 0.6) is 0 Å². The van der Waals surface area contributed by atoms with Crippen LogP contribution >= 0.6 is 0 Å². The van der Waals surface area contributed by atoms with E-state index < -0.39 is 31.9 Å². The molecule has 3 rings (SSSR count). The Kier molecular flexibility index (Phi) is 5.95. The number of hydrogen-bond donors (Lipinski definition) is 1. The Morgan fingerprint density at radius 2 is 1.62 bits per heavy atom. The van der Waals surface area contributed by atoms with Gasteiger partial charge in [-0.3, -0.25) is 4.72 Å². The number of sulfonamides is 2. The molecule has 29 heavy (non-hydrogen) atoms. The van der Waals surface area contributed by atoms with Crippen molar-refractivity contribution < 1.29 is 21.2 Å². The molecule has 1 aliphatic heterocycles. The fourth-order valence-electron chi connectivity index (χ4n) is 2.97. The molecule has 0 saturated carbocycles. The maximum atomic E-state index is 13.3. The summed E-state index contributed by atoms with van der Waals surface area (Å²) in [5.41, 5.74) is 2.31. The van der Waals surface area contributed by atoms with Gasteiger partial charge in [-0.15, -0.1) is 0 Å². The predicted molar refractivity (Wildman–Crippen MR) is 111 cm³/mol. The highest BCUT2D eigenvalue weighted by Gasteiger charge is 2.35. The van der Waals surface area contributed by atoms with Gasteiger partial charge in [0.15, 0.2) is 0 Å². The molecule has 1 N–H and O–H groups in total. The van der Waals surface area contributed by atoms with E-state index >= 15 is 0 Å². The van der Waals surface area contributed by atoms with Crippen LogP contribution in [0.4, 0.5) is 10.1 Å². The molecule has 0 radical (unpaired) electrons. The average Bonchev–Trinajstić information content (AvgIpc) is 3.15. The number of benzene rings is 2. The molecule has 1 atom stereocenters. The van der Waals surface area contributed by atoms with Crippen molar-refractivity contribution in [3.8, 4) is 0 Å². The normalized spacial score (nSPS) is 17.3. The minimum atomic E-state index is -3.62. The van der Waals surface area contributed by atoms with Crippen LogP contribution in [0.1, 0.15) is 37.4 Å². The summed E-state index contributed by atoms with van der Waals surface area (Å²) in [5.74, 6) is -0.549. The lowest BCUT2D eigenvalue weighted by Crippen LogP contribution is -2.28. The summed E-state index contributed by atoms with van der Waals surface area (Å²) in [6.07, 6.45) is 0.324. The van der Waals surface area contributed by atoms with Gasteiger partial charge in [0.1, 0.15) is 5.82 Å². The summed E-state index contributed by atoms with van der Waals surface area (Å²) >= 11 is 0. The number of halogens is 1. The monoisotopic (exact) mass is 439 g/mol. The first-order chi connectivity index (χ1) is 13.6. The summed E-state index contributed by atoms with van der Waals surface area (Å²) in [5, 5.41) is 4.33. The molecule has 1 heterocycles. The predicted octanol–water partition coefficient (Wildman–Crippen LogP) is 3.09. The lowest BCUT2D eigenvalue weighted by Gasteiger charge is -2.22. The van der Waals surface area contributed by atoms with E-state index in [1.54, 1.807) is 50.2 Å². The topological polar surface area (TPSA) is 95.9 Å². The van der Waals surface area contributed by atoms with Crippen molar-refractivity contribution >= 4 is 31.4 Å². The maximum absolute atomic E-state index is 13.3. The molecule has 0 aromatic heterocycles. The molecule has 0 fully saturated rings. The standard InChI is InChI=1S/C19H22FN3O4S2/c1-3-28(24,25)22-17-11-7-14(8-12-17)18-13-19(15-5-9-16(20)10-6-15)23(21-18)29(26,27)4-2/h5-12,19,22H,3-4,13H2,1-2H3. The van der Waals surface area contributed by atoms with E-state index in [1.165, 1.54) is 12.1 Å². The van der Waals surface area contributed by atoms with Crippen LogP contribution < -0.4 is 4.72 Å². The molecule has 1 unspecified atom stereocenters. The fraction of sp³-hybridized carbons (Fsp3) is 0.316. The highest BCUT2D eigenvalue weighted by molar-refractivity contribution is 7.92. The van der Waals surface area contributed by atoms with Gasteiger partial charge in [0.05, 0.1) is 23.3 Å². The highest BCUT2D eigenvalue weighted by Crippen LogP contribution is 2.35. The largest absolute Gasteiger partial charge is 0.284 e. The van der Waals surface area contributed by atoms with Crippen molar-refractivity contribution in [3.05, 3.63) is 65.5 Å². The van der Waals surface area contributed by atoms with Crippen molar-refractivity contribution in [2.75, 3.05) is 16.2 Å². The zero-order valence-corrected chi connectivity index (χ0v) is 17.7. The lowest BCUT2D eigenvalue weighted by molar-refractivity contribution is 0.372. The first-order valence-corrected chi connectivity index (χ1v) is 12.4. The van der Waals surface area contributed by atoms with Gasteiger partial charge < -0.3 is 0 Å². The first-order valence-electron chi connectivity index (χ1n) is 9.11. The van der Waals surface area contributed by atoms with E-state index in [-0.39, 0.29) is 11.5 Å². The van der Waals surface area contributed by atoms with Gasteiger partial charge in [-0.05, 0) is 49.2 Å². The maximum Gasteiger partial charge on any atom is 0.250 e. The molecule has 0 aliphatic carbocycles. The zero-order chi connectivity index (χ0) is 21.2. The molecule has 10 heteroatoms. The van der Waals surface area contributed by atoms with Crippen LogP contribution in [-0.2, 0) is 20.0 Å². The Bertz CT molecular complexity index is 1110. The third kappa shape index (κ3) is 4.76. The van der Waals surface area contributed by atoms with Crippen LogP contribution in [0, 0.1) is 5.82 Å². The molecule has 7 nitrogen and oxygen atoms in total. The van der Waals surface area contributed by atoms with Crippen molar-refractivity contribution in [1.29, 1.82) is 0 Å². The van der Waals surface area contributed by atoms with Gasteiger partial charge in [0.25, 0.3) is 0 Å². The van der Waals surface area contributed by atoms with Gasteiger partial charge in [-0.1, -0.05) is 24.3 Å². The molecular weight excluding hydrogens is 417 g/mol. The van der Waals surface area contributed by atoms with Crippen LogP contribution in [0.2, 0.25) is 0 Å². The lowest BCUT2D eigenvalue weighted by atomic mass is 9.99. The molecule has 0 saturated heterocycles. The van der Waals surface area contributed by atoms with Crippen molar-refractivity contribution in [1.82, 2.24) is 4.41 Å². The number of anilines is 1. The first kappa shape index (κ1) is 21.3. The number of nitrogens with one attached hydrogen (secondary N) is 1. The van der Waals surface area contributed by atoms with E-state index in [1.807, 2.05) is 0 Å². The smallest absolute Gasteiger partial charge is 0.250 e. The average molecular weight is 440 g/mol. The summed E-state index contributed by atoms with van der Waals surface area (Å²) in [7, 11) is -7.00. The molecule has 0 amide bonds. The molecule has 0 spiro atoms. The summed E-state index contributed by atoms with van der Waals surface area (Å²) in [6, 6.07) is 11.7. The quantitative estimate of drug-likeness (QED) is 0.717. The minimum Gasteiger partial charge on any atom is -0.284 e. The number of hydrogen-bond acceptors (Lipinski definition) is 5. The summed E-state index contributed by atoms with van der Waals surface area (Å²) in [6.45, 7) is 3.08. The van der Waals surface area contributed by atoms with Gasteiger partial charge >= 0.3 is 0 Å². The third-order valence-corrected chi connectivity index (χ3v) is 7.59. The third-order valence-electron chi connectivity index (χ3n) is 4.65. The second-order valence-electron chi connectivity index (χ2n) is 6.57. The summed E-state index contributed by atoms with van der Waals surface area (Å²) in [4.78, 5) is 0. The van der Waals surface area contributed by atoms with Crippen molar-refractivity contribution in [3.63, 3.8) is 0 Å². The molecule has 0 bridgehead atoms. The number of hydrazone groups is 1. The number of nitrogens with zero attached hydrogens (tertiary/aromatic N) is 2. The molecule has 156 valence electrons. The van der Waals surface area contributed by atoms with Gasteiger partial charge in [0, 0.05) is 12.1 Å². The van der Waals surface area contributed by atoms with E-state index in [4.69, 9.17) is 0 Å². The fourth-order valence-corrected chi connectivity index (χ4v) is 4.68. The van der Waals surface area contributed by atoms with E-state index in [0.717, 1.165) is 4.41 Å². The second kappa shape index (κ2) is 8.11. The molecular formula is C19H22FN3O4S2. The number of rotatable bonds is 7.